The van der Waals surface area contributed by atoms with Gasteiger partial charge in [-0.05, 0) is 56.0 Å². The standard InChI is InChI=1S/C22H33ClN4/c1-5-9-17(2)25-19-11-12-21(23)20(16-19)22-10-7-6-8-14-27(22)15-13-18(3)26-24-4/h11-13,15-16,22,24-25H,2,5-10,14H2,1,3-4H3/b15-13+,26-18-. The summed E-state index contributed by atoms with van der Waals surface area (Å²) in [6, 6.07) is 6.50. The second kappa shape index (κ2) is 11.0. The molecule has 1 fully saturated rings. The van der Waals surface area contributed by atoms with Gasteiger partial charge in [-0.2, -0.15) is 5.10 Å². The molecule has 1 aliphatic heterocycles. The molecule has 0 saturated carbocycles. The van der Waals surface area contributed by atoms with Crippen LogP contribution >= 0.6 is 11.6 Å². The van der Waals surface area contributed by atoms with Crippen molar-refractivity contribution in [3.8, 4) is 0 Å². The van der Waals surface area contributed by atoms with E-state index in [4.69, 9.17) is 11.6 Å². The Morgan fingerprint density at radius 3 is 2.93 bits per heavy atom. The van der Waals surface area contributed by atoms with Crippen molar-refractivity contribution in [1.29, 1.82) is 0 Å². The summed E-state index contributed by atoms with van der Waals surface area (Å²) in [5, 5.41) is 8.48. The van der Waals surface area contributed by atoms with Gasteiger partial charge in [0.1, 0.15) is 0 Å². The Balaban J connectivity index is 2.27. The Kier molecular flexibility index (Phi) is 8.73. The lowest BCUT2D eigenvalue weighted by Crippen LogP contribution is -2.24. The molecule has 0 aromatic heterocycles. The molecule has 1 aromatic carbocycles. The van der Waals surface area contributed by atoms with Crippen LogP contribution < -0.4 is 10.7 Å². The van der Waals surface area contributed by atoms with Crippen LogP contribution in [0.4, 0.5) is 5.69 Å². The summed E-state index contributed by atoms with van der Waals surface area (Å²) < 4.78 is 0. The Morgan fingerprint density at radius 2 is 2.19 bits per heavy atom. The number of rotatable bonds is 8. The Hall–Kier alpha value is -1.94. The summed E-state index contributed by atoms with van der Waals surface area (Å²) in [5.74, 6) is 0. The van der Waals surface area contributed by atoms with Crippen LogP contribution in [0.5, 0.6) is 0 Å². The predicted octanol–water partition coefficient (Wildman–Crippen LogP) is 6.09. The van der Waals surface area contributed by atoms with Gasteiger partial charge in [-0.25, -0.2) is 0 Å². The van der Waals surface area contributed by atoms with Gasteiger partial charge in [-0.15, -0.1) is 0 Å². The van der Waals surface area contributed by atoms with Crippen molar-refractivity contribution < 1.29 is 0 Å². The molecule has 1 saturated heterocycles. The average Bonchev–Trinajstić information content (AvgIpc) is 2.87. The number of nitrogens with one attached hydrogen (secondary N) is 2. The lowest BCUT2D eigenvalue weighted by Gasteiger charge is -2.30. The van der Waals surface area contributed by atoms with Gasteiger partial charge in [0.2, 0.25) is 0 Å². The zero-order valence-corrected chi connectivity index (χ0v) is 17.6. The van der Waals surface area contributed by atoms with Crippen molar-refractivity contribution in [3.05, 3.63) is 53.3 Å². The van der Waals surface area contributed by atoms with E-state index in [0.717, 1.165) is 47.9 Å². The molecule has 1 aliphatic rings. The highest BCUT2D eigenvalue weighted by Crippen LogP contribution is 2.36. The third kappa shape index (κ3) is 6.62. The van der Waals surface area contributed by atoms with Crippen molar-refractivity contribution >= 4 is 23.0 Å². The van der Waals surface area contributed by atoms with E-state index in [9.17, 15) is 0 Å². The summed E-state index contributed by atoms with van der Waals surface area (Å²) in [5.41, 5.74) is 7.08. The molecule has 2 N–H and O–H groups in total. The molecule has 2 rings (SSSR count). The number of hydrogen-bond acceptors (Lipinski definition) is 4. The van der Waals surface area contributed by atoms with Crippen molar-refractivity contribution in [2.45, 2.75) is 58.4 Å². The van der Waals surface area contributed by atoms with Gasteiger partial charge in [0.25, 0.3) is 0 Å². The highest BCUT2D eigenvalue weighted by Gasteiger charge is 2.22. The quantitative estimate of drug-likeness (QED) is 0.418. The normalized spacial score (nSPS) is 18.4. The van der Waals surface area contributed by atoms with E-state index in [1.165, 1.54) is 24.8 Å². The van der Waals surface area contributed by atoms with Gasteiger partial charge >= 0.3 is 0 Å². The highest BCUT2D eigenvalue weighted by molar-refractivity contribution is 6.31. The van der Waals surface area contributed by atoms with Gasteiger partial charge in [0.15, 0.2) is 0 Å². The summed E-state index contributed by atoms with van der Waals surface area (Å²) in [4.78, 5) is 2.41. The summed E-state index contributed by atoms with van der Waals surface area (Å²) in [6.07, 6.45) is 11.1. The molecule has 0 amide bonds. The first-order valence-corrected chi connectivity index (χ1v) is 10.3. The fourth-order valence-corrected chi connectivity index (χ4v) is 3.75. The third-order valence-corrected chi connectivity index (χ3v) is 5.16. The van der Waals surface area contributed by atoms with E-state index in [2.05, 4.69) is 52.6 Å². The van der Waals surface area contributed by atoms with Crippen molar-refractivity contribution in [3.63, 3.8) is 0 Å². The van der Waals surface area contributed by atoms with Crippen molar-refractivity contribution in [2.75, 3.05) is 18.9 Å². The third-order valence-electron chi connectivity index (χ3n) is 4.82. The number of benzene rings is 1. The minimum Gasteiger partial charge on any atom is -0.370 e. The summed E-state index contributed by atoms with van der Waals surface area (Å²) in [6.45, 7) is 9.31. The predicted molar refractivity (Wildman–Crippen MR) is 118 cm³/mol. The molecule has 0 radical (unpaired) electrons. The van der Waals surface area contributed by atoms with E-state index in [-0.39, 0.29) is 6.04 Å². The summed E-state index contributed by atoms with van der Waals surface area (Å²) in [7, 11) is 1.82. The molecule has 1 heterocycles. The van der Waals surface area contributed by atoms with Crippen molar-refractivity contribution in [1.82, 2.24) is 10.3 Å². The van der Waals surface area contributed by atoms with Crippen LogP contribution in [0.2, 0.25) is 5.02 Å². The van der Waals surface area contributed by atoms with Gasteiger partial charge in [0.05, 0.1) is 11.8 Å². The number of anilines is 1. The van der Waals surface area contributed by atoms with Crippen molar-refractivity contribution in [2.24, 2.45) is 5.10 Å². The first-order chi connectivity index (χ1) is 13.0. The minimum absolute atomic E-state index is 0.278. The van der Waals surface area contributed by atoms with Crippen LogP contribution in [0.25, 0.3) is 0 Å². The maximum absolute atomic E-state index is 6.62. The lowest BCUT2D eigenvalue weighted by molar-refractivity contribution is 0.286. The minimum atomic E-state index is 0.278. The van der Waals surface area contributed by atoms with E-state index >= 15 is 0 Å². The van der Waals surface area contributed by atoms with Gasteiger partial charge < -0.3 is 15.6 Å². The Morgan fingerprint density at radius 1 is 1.37 bits per heavy atom. The number of likely N-dealkylation sites (tertiary alicyclic amines) is 1. The molecule has 0 bridgehead atoms. The smallest absolute Gasteiger partial charge is 0.0586 e. The van der Waals surface area contributed by atoms with E-state index < -0.39 is 0 Å². The number of hydrogen-bond donors (Lipinski definition) is 2. The molecule has 1 atom stereocenters. The molecule has 27 heavy (non-hydrogen) atoms. The topological polar surface area (TPSA) is 39.7 Å². The molecule has 0 aliphatic carbocycles. The number of allylic oxidation sites excluding steroid dienone is 2. The number of hydrazone groups is 1. The van der Waals surface area contributed by atoms with Crippen LogP contribution in [0.3, 0.4) is 0 Å². The first kappa shape index (κ1) is 21.4. The number of nitrogens with zero attached hydrogens (tertiary/aromatic N) is 2. The van der Waals surface area contributed by atoms with Gasteiger partial charge in [-0.1, -0.05) is 44.4 Å². The second-order valence-corrected chi connectivity index (χ2v) is 7.52. The van der Waals surface area contributed by atoms with Gasteiger partial charge in [-0.3, -0.25) is 0 Å². The average molecular weight is 389 g/mol. The molecule has 5 heteroatoms. The Labute approximate surface area is 169 Å². The fraction of sp³-hybridized carbons (Fsp3) is 0.500. The van der Waals surface area contributed by atoms with Crippen LogP contribution in [0.15, 0.2) is 47.9 Å². The van der Waals surface area contributed by atoms with Gasteiger partial charge in [0, 0.05) is 36.2 Å². The molecule has 1 unspecified atom stereocenters. The van der Waals surface area contributed by atoms with Crippen LogP contribution in [0.1, 0.15) is 64.0 Å². The zero-order chi connectivity index (χ0) is 19.6. The van der Waals surface area contributed by atoms with Crippen LogP contribution in [-0.2, 0) is 0 Å². The molecular weight excluding hydrogens is 356 g/mol. The maximum Gasteiger partial charge on any atom is 0.0586 e. The molecule has 1 aromatic rings. The molecule has 148 valence electrons. The monoisotopic (exact) mass is 388 g/mol. The van der Waals surface area contributed by atoms with E-state index in [1.54, 1.807) is 0 Å². The molecule has 0 spiro atoms. The molecule has 4 nitrogen and oxygen atoms in total. The lowest BCUT2D eigenvalue weighted by atomic mass is 10.00. The Bertz CT molecular complexity index is 681. The van der Waals surface area contributed by atoms with Crippen LogP contribution in [0, 0.1) is 0 Å². The summed E-state index contributed by atoms with van der Waals surface area (Å²) >= 11 is 6.62. The number of halogens is 1. The highest BCUT2D eigenvalue weighted by atomic mass is 35.5. The van der Waals surface area contributed by atoms with E-state index in [0.29, 0.717) is 0 Å². The largest absolute Gasteiger partial charge is 0.370 e. The second-order valence-electron chi connectivity index (χ2n) is 7.11. The van der Waals surface area contributed by atoms with Crippen LogP contribution in [-0.4, -0.2) is 24.2 Å². The maximum atomic E-state index is 6.62. The zero-order valence-electron chi connectivity index (χ0n) is 16.9. The fourth-order valence-electron chi connectivity index (χ4n) is 3.51. The van der Waals surface area contributed by atoms with E-state index in [1.807, 2.05) is 26.1 Å². The molecular formula is C22H33ClN4. The first-order valence-electron chi connectivity index (χ1n) is 9.94. The SMILES string of the molecule is C=C(CCC)Nc1ccc(Cl)c(C2CCCCCN2/C=C/C(C)=N\NC)c1.